The van der Waals surface area contributed by atoms with Gasteiger partial charge in [0, 0.05) is 12.2 Å². The number of nitrogens with one attached hydrogen (secondary N) is 1. The summed E-state index contributed by atoms with van der Waals surface area (Å²) in [6.07, 6.45) is 1.08. The predicted octanol–water partition coefficient (Wildman–Crippen LogP) is 2.33. The van der Waals surface area contributed by atoms with E-state index in [4.69, 9.17) is 0 Å². The molecular weight excluding hydrogens is 324 g/mol. The third-order valence-electron chi connectivity index (χ3n) is 4.21. The number of hydrogen-bond acceptors (Lipinski definition) is 3. The number of amides is 1. The molecule has 126 valence electrons. The number of hydrogen-bond donors (Lipinski definition) is 1. The van der Waals surface area contributed by atoms with Gasteiger partial charge < -0.3 is 4.90 Å². The molecule has 1 aliphatic heterocycles. The van der Waals surface area contributed by atoms with E-state index in [1.807, 2.05) is 43.3 Å². The molecular formula is C18H20N2O3S. The first-order valence-corrected chi connectivity index (χ1v) is 9.48. The molecule has 1 atom stereocenters. The standard InChI is InChI=1S/C18H20N2O3S/c1-2-14-8-6-7-11-17(14)24(22,23)19-16-12-13-20(18(16)21)15-9-4-3-5-10-15/h3-11,16,19H,2,12-13H2,1H3/t16-/m0/s1. The Morgan fingerprint density at radius 3 is 2.46 bits per heavy atom. The van der Waals surface area contributed by atoms with E-state index < -0.39 is 16.1 Å². The van der Waals surface area contributed by atoms with Crippen molar-refractivity contribution in [2.75, 3.05) is 11.4 Å². The zero-order chi connectivity index (χ0) is 17.2. The number of aryl methyl sites for hydroxylation is 1. The molecule has 6 heteroatoms. The molecule has 0 saturated carbocycles. The van der Waals surface area contributed by atoms with E-state index in [1.165, 1.54) is 0 Å². The van der Waals surface area contributed by atoms with Crippen LogP contribution >= 0.6 is 0 Å². The van der Waals surface area contributed by atoms with E-state index >= 15 is 0 Å². The number of carbonyl (C=O) groups excluding carboxylic acids is 1. The van der Waals surface area contributed by atoms with Gasteiger partial charge in [-0.15, -0.1) is 0 Å². The fourth-order valence-electron chi connectivity index (χ4n) is 2.96. The highest BCUT2D eigenvalue weighted by Crippen LogP contribution is 2.23. The second-order valence-corrected chi connectivity index (χ2v) is 7.43. The van der Waals surface area contributed by atoms with Gasteiger partial charge in [-0.2, -0.15) is 4.72 Å². The zero-order valence-corrected chi connectivity index (χ0v) is 14.3. The minimum Gasteiger partial charge on any atom is -0.311 e. The van der Waals surface area contributed by atoms with Crippen LogP contribution in [0.4, 0.5) is 5.69 Å². The summed E-state index contributed by atoms with van der Waals surface area (Å²) in [5.74, 6) is -0.209. The van der Waals surface area contributed by atoms with Crippen molar-refractivity contribution in [3.63, 3.8) is 0 Å². The highest BCUT2D eigenvalue weighted by Gasteiger charge is 2.35. The van der Waals surface area contributed by atoms with E-state index in [1.54, 1.807) is 23.1 Å². The number of nitrogens with zero attached hydrogens (tertiary/aromatic N) is 1. The fourth-order valence-corrected chi connectivity index (χ4v) is 4.50. The first-order chi connectivity index (χ1) is 11.5. The van der Waals surface area contributed by atoms with Gasteiger partial charge in [0.15, 0.2) is 0 Å². The van der Waals surface area contributed by atoms with Gasteiger partial charge in [0.05, 0.1) is 4.90 Å². The molecule has 0 aliphatic carbocycles. The average molecular weight is 344 g/mol. The molecule has 0 spiro atoms. The molecule has 0 radical (unpaired) electrons. The summed E-state index contributed by atoms with van der Waals surface area (Å²) in [5, 5.41) is 0. The van der Waals surface area contributed by atoms with Gasteiger partial charge in [0.1, 0.15) is 6.04 Å². The number of benzene rings is 2. The summed E-state index contributed by atoms with van der Waals surface area (Å²) in [4.78, 5) is 14.4. The molecule has 24 heavy (non-hydrogen) atoms. The van der Waals surface area contributed by atoms with Gasteiger partial charge in [0.2, 0.25) is 15.9 Å². The second-order valence-electron chi connectivity index (χ2n) is 5.75. The van der Waals surface area contributed by atoms with Crippen LogP contribution in [0.1, 0.15) is 18.9 Å². The van der Waals surface area contributed by atoms with Crippen molar-refractivity contribution >= 4 is 21.6 Å². The average Bonchev–Trinajstić information content (AvgIpc) is 2.95. The first kappa shape index (κ1) is 16.7. The van der Waals surface area contributed by atoms with Gasteiger partial charge >= 0.3 is 0 Å². The number of rotatable bonds is 5. The van der Waals surface area contributed by atoms with Crippen LogP contribution in [0.3, 0.4) is 0 Å². The van der Waals surface area contributed by atoms with Crippen molar-refractivity contribution < 1.29 is 13.2 Å². The van der Waals surface area contributed by atoms with Crippen LogP contribution in [0.25, 0.3) is 0 Å². The summed E-state index contributed by atoms with van der Waals surface area (Å²) >= 11 is 0. The highest BCUT2D eigenvalue weighted by atomic mass is 32.2. The Bertz CT molecular complexity index is 834. The summed E-state index contributed by atoms with van der Waals surface area (Å²) in [7, 11) is -3.72. The quantitative estimate of drug-likeness (QED) is 0.905. The largest absolute Gasteiger partial charge is 0.311 e. The predicted molar refractivity (Wildman–Crippen MR) is 93.3 cm³/mol. The van der Waals surface area contributed by atoms with Crippen LogP contribution in [0, 0.1) is 0 Å². The van der Waals surface area contributed by atoms with E-state index in [0.717, 1.165) is 11.3 Å². The monoisotopic (exact) mass is 344 g/mol. The molecule has 1 amide bonds. The van der Waals surface area contributed by atoms with Gasteiger partial charge in [-0.1, -0.05) is 43.3 Å². The topological polar surface area (TPSA) is 66.5 Å². The Morgan fingerprint density at radius 1 is 1.08 bits per heavy atom. The fraction of sp³-hybridized carbons (Fsp3) is 0.278. The lowest BCUT2D eigenvalue weighted by molar-refractivity contribution is -0.118. The number of para-hydroxylation sites is 1. The Labute approximate surface area is 142 Å². The van der Waals surface area contributed by atoms with Crippen molar-refractivity contribution in [3.8, 4) is 0 Å². The third kappa shape index (κ3) is 3.20. The lowest BCUT2D eigenvalue weighted by atomic mass is 10.2. The summed E-state index contributed by atoms with van der Waals surface area (Å²) in [6, 6.07) is 15.5. The SMILES string of the molecule is CCc1ccccc1S(=O)(=O)N[C@H]1CCN(c2ccccc2)C1=O. The summed E-state index contributed by atoms with van der Waals surface area (Å²) < 4.78 is 27.9. The molecule has 1 heterocycles. The van der Waals surface area contributed by atoms with Crippen molar-refractivity contribution in [1.29, 1.82) is 0 Å². The molecule has 1 saturated heterocycles. The van der Waals surface area contributed by atoms with Gasteiger partial charge in [-0.25, -0.2) is 8.42 Å². The Hall–Kier alpha value is -2.18. The lowest BCUT2D eigenvalue weighted by Crippen LogP contribution is -2.41. The maximum absolute atomic E-state index is 12.7. The Kier molecular flexibility index (Phi) is 4.69. The van der Waals surface area contributed by atoms with E-state index in [0.29, 0.717) is 19.4 Å². The number of sulfonamides is 1. The van der Waals surface area contributed by atoms with Gasteiger partial charge in [-0.3, -0.25) is 4.79 Å². The molecule has 1 fully saturated rings. The molecule has 3 rings (SSSR count). The smallest absolute Gasteiger partial charge is 0.245 e. The molecule has 0 unspecified atom stereocenters. The molecule has 2 aromatic rings. The van der Waals surface area contributed by atoms with E-state index in [2.05, 4.69) is 4.72 Å². The third-order valence-corrected chi connectivity index (χ3v) is 5.79. The summed E-state index contributed by atoms with van der Waals surface area (Å²) in [6.45, 7) is 2.41. The second kappa shape index (κ2) is 6.75. The molecule has 2 aromatic carbocycles. The van der Waals surface area contributed by atoms with E-state index in [9.17, 15) is 13.2 Å². The van der Waals surface area contributed by atoms with Crippen molar-refractivity contribution in [3.05, 3.63) is 60.2 Å². The zero-order valence-electron chi connectivity index (χ0n) is 13.5. The van der Waals surface area contributed by atoms with Crippen LogP contribution in [-0.4, -0.2) is 26.9 Å². The van der Waals surface area contributed by atoms with Crippen LogP contribution in [-0.2, 0) is 21.2 Å². The highest BCUT2D eigenvalue weighted by molar-refractivity contribution is 7.89. The molecule has 0 aromatic heterocycles. The van der Waals surface area contributed by atoms with Crippen molar-refractivity contribution in [2.45, 2.75) is 30.7 Å². The van der Waals surface area contributed by atoms with Crippen LogP contribution < -0.4 is 9.62 Å². The van der Waals surface area contributed by atoms with Gasteiger partial charge in [0.25, 0.3) is 0 Å². The normalized spacial score (nSPS) is 18.1. The van der Waals surface area contributed by atoms with E-state index in [-0.39, 0.29) is 10.8 Å². The lowest BCUT2D eigenvalue weighted by Gasteiger charge is -2.17. The molecule has 0 bridgehead atoms. The van der Waals surface area contributed by atoms with Gasteiger partial charge in [-0.05, 0) is 36.6 Å². The van der Waals surface area contributed by atoms with Crippen LogP contribution in [0.15, 0.2) is 59.5 Å². The maximum Gasteiger partial charge on any atom is 0.245 e. The molecule has 1 N–H and O–H groups in total. The van der Waals surface area contributed by atoms with Crippen LogP contribution in [0.5, 0.6) is 0 Å². The number of anilines is 1. The minimum atomic E-state index is -3.72. The van der Waals surface area contributed by atoms with Crippen LogP contribution in [0.2, 0.25) is 0 Å². The molecule has 5 nitrogen and oxygen atoms in total. The summed E-state index contributed by atoms with van der Waals surface area (Å²) in [5.41, 5.74) is 1.54. The van der Waals surface area contributed by atoms with Crippen molar-refractivity contribution in [1.82, 2.24) is 4.72 Å². The molecule has 1 aliphatic rings. The Balaban J connectivity index is 1.80. The van der Waals surface area contributed by atoms with Crippen molar-refractivity contribution in [2.24, 2.45) is 0 Å². The minimum absolute atomic E-state index is 0.209. The Morgan fingerprint density at radius 2 is 1.75 bits per heavy atom. The number of carbonyl (C=O) groups is 1. The maximum atomic E-state index is 12.7. The first-order valence-electron chi connectivity index (χ1n) is 7.99.